The minimum atomic E-state index is -0.0234. The van der Waals surface area contributed by atoms with Crippen LogP contribution in [0, 0.1) is 12.8 Å². The van der Waals surface area contributed by atoms with Gasteiger partial charge in [-0.25, -0.2) is 9.97 Å². The number of carbonyl (C=O) groups is 1. The first-order chi connectivity index (χ1) is 15.6. The highest BCUT2D eigenvalue weighted by Crippen LogP contribution is 2.30. The van der Waals surface area contributed by atoms with Crippen molar-refractivity contribution in [3.8, 4) is 11.1 Å². The van der Waals surface area contributed by atoms with Crippen LogP contribution in [0.1, 0.15) is 42.8 Å². The molecule has 0 unspecified atom stereocenters. The summed E-state index contributed by atoms with van der Waals surface area (Å²) in [7, 11) is 1.74. The highest BCUT2D eigenvalue weighted by molar-refractivity contribution is 5.79. The number of methoxy groups -OCH3 is 1. The molecule has 0 saturated heterocycles. The maximum atomic E-state index is 13.7. The maximum absolute atomic E-state index is 13.7. The second-order valence-corrected chi connectivity index (χ2v) is 8.41. The van der Waals surface area contributed by atoms with Gasteiger partial charge in [-0.2, -0.15) is 0 Å². The lowest BCUT2D eigenvalue weighted by Crippen LogP contribution is -2.39. The van der Waals surface area contributed by atoms with Crippen molar-refractivity contribution in [3.63, 3.8) is 0 Å². The Bertz CT molecular complexity index is 1030. The Morgan fingerprint density at radius 1 is 1.09 bits per heavy atom. The Labute approximate surface area is 189 Å². The molecule has 1 aromatic carbocycles. The zero-order valence-electron chi connectivity index (χ0n) is 18.8. The molecule has 3 aromatic rings. The molecule has 6 nitrogen and oxygen atoms in total. The van der Waals surface area contributed by atoms with Gasteiger partial charge >= 0.3 is 0 Å². The molecule has 1 aliphatic carbocycles. The van der Waals surface area contributed by atoms with Crippen LogP contribution in [-0.4, -0.2) is 39.0 Å². The second-order valence-electron chi connectivity index (χ2n) is 8.41. The Morgan fingerprint density at radius 2 is 1.88 bits per heavy atom. The number of aryl methyl sites for hydroxylation is 1. The molecule has 1 saturated carbocycles. The molecule has 1 amide bonds. The molecule has 6 heteroatoms. The molecule has 166 valence electrons. The average molecular weight is 431 g/mol. The van der Waals surface area contributed by atoms with E-state index in [1.54, 1.807) is 19.5 Å². The summed E-state index contributed by atoms with van der Waals surface area (Å²) in [5.74, 6) is 0.847. The zero-order chi connectivity index (χ0) is 22.3. The number of hydrogen-bond donors (Lipinski definition) is 0. The first kappa shape index (κ1) is 22.1. The van der Waals surface area contributed by atoms with E-state index in [9.17, 15) is 4.79 Å². The van der Waals surface area contributed by atoms with E-state index in [0.29, 0.717) is 18.9 Å². The Balaban J connectivity index is 1.65. The molecule has 2 atom stereocenters. The number of amides is 1. The van der Waals surface area contributed by atoms with Crippen LogP contribution in [0.4, 0.5) is 0 Å². The fraction of sp³-hybridized carbons (Fsp3) is 0.385. The van der Waals surface area contributed by atoms with Crippen molar-refractivity contribution in [1.82, 2.24) is 19.9 Å². The summed E-state index contributed by atoms with van der Waals surface area (Å²) in [6.45, 7) is 2.86. The minimum Gasteiger partial charge on any atom is -0.381 e. The average Bonchev–Trinajstić information content (AvgIpc) is 2.84. The van der Waals surface area contributed by atoms with Gasteiger partial charge in [-0.1, -0.05) is 36.8 Å². The molecular weight excluding hydrogens is 400 g/mol. The van der Waals surface area contributed by atoms with Crippen LogP contribution >= 0.6 is 0 Å². The number of pyridine rings is 1. The number of carbonyl (C=O) groups excluding carboxylic acids is 1. The van der Waals surface area contributed by atoms with Crippen LogP contribution in [0.15, 0.2) is 61.1 Å². The lowest BCUT2D eigenvalue weighted by Gasteiger charge is -2.32. The van der Waals surface area contributed by atoms with E-state index >= 15 is 0 Å². The molecule has 0 radical (unpaired) electrons. The van der Waals surface area contributed by atoms with Crippen molar-refractivity contribution in [3.05, 3.63) is 78.1 Å². The van der Waals surface area contributed by atoms with E-state index in [0.717, 1.165) is 48.1 Å². The van der Waals surface area contributed by atoms with Crippen LogP contribution in [0.5, 0.6) is 0 Å². The van der Waals surface area contributed by atoms with Crippen LogP contribution in [0.2, 0.25) is 0 Å². The normalized spacial score (nSPS) is 18.3. The van der Waals surface area contributed by atoms with Gasteiger partial charge in [0.05, 0.1) is 18.3 Å². The van der Waals surface area contributed by atoms with Crippen molar-refractivity contribution in [2.24, 2.45) is 5.92 Å². The van der Waals surface area contributed by atoms with Gasteiger partial charge in [-0.15, -0.1) is 0 Å². The molecule has 0 aliphatic heterocycles. The second kappa shape index (κ2) is 10.5. The smallest absolute Gasteiger partial charge is 0.226 e. The monoisotopic (exact) mass is 430 g/mol. The molecule has 4 rings (SSSR count). The van der Waals surface area contributed by atoms with Crippen LogP contribution in [-0.2, 0) is 22.6 Å². The van der Waals surface area contributed by atoms with Gasteiger partial charge in [-0.3, -0.25) is 9.78 Å². The fourth-order valence-electron chi connectivity index (χ4n) is 4.45. The van der Waals surface area contributed by atoms with Gasteiger partial charge in [-0.05, 0) is 49.4 Å². The minimum absolute atomic E-state index is 0.0234. The molecular formula is C26H30N4O2. The third-order valence-electron chi connectivity index (χ3n) is 6.16. The predicted octanol–water partition coefficient (Wildman–Crippen LogP) is 4.58. The molecule has 2 aromatic heterocycles. The van der Waals surface area contributed by atoms with E-state index in [1.165, 1.54) is 0 Å². The van der Waals surface area contributed by atoms with E-state index < -0.39 is 0 Å². The highest BCUT2D eigenvalue weighted by Gasteiger charge is 2.31. The van der Waals surface area contributed by atoms with Crippen molar-refractivity contribution >= 4 is 5.91 Å². The topological polar surface area (TPSA) is 68.2 Å². The summed E-state index contributed by atoms with van der Waals surface area (Å²) >= 11 is 0. The molecule has 2 heterocycles. The molecule has 0 bridgehead atoms. The molecule has 1 aliphatic rings. The van der Waals surface area contributed by atoms with Crippen molar-refractivity contribution in [1.29, 1.82) is 0 Å². The lowest BCUT2D eigenvalue weighted by molar-refractivity contribution is -0.139. The van der Waals surface area contributed by atoms with Gasteiger partial charge in [0.25, 0.3) is 0 Å². The number of nitrogens with zero attached hydrogens (tertiary/aromatic N) is 4. The highest BCUT2D eigenvalue weighted by atomic mass is 16.5. The molecule has 32 heavy (non-hydrogen) atoms. The molecule has 0 N–H and O–H groups in total. The fourth-order valence-corrected chi connectivity index (χ4v) is 4.45. The van der Waals surface area contributed by atoms with Crippen molar-refractivity contribution in [2.45, 2.75) is 51.8 Å². The zero-order valence-corrected chi connectivity index (χ0v) is 18.8. The largest absolute Gasteiger partial charge is 0.381 e. The Morgan fingerprint density at radius 3 is 2.62 bits per heavy atom. The number of aromatic nitrogens is 3. The Kier molecular flexibility index (Phi) is 7.22. The van der Waals surface area contributed by atoms with E-state index in [4.69, 9.17) is 9.72 Å². The summed E-state index contributed by atoms with van der Waals surface area (Å²) in [5.41, 5.74) is 3.89. The van der Waals surface area contributed by atoms with E-state index in [-0.39, 0.29) is 17.9 Å². The first-order valence-electron chi connectivity index (χ1n) is 11.2. The summed E-state index contributed by atoms with van der Waals surface area (Å²) in [6, 6.07) is 14.0. The summed E-state index contributed by atoms with van der Waals surface area (Å²) in [6.07, 6.45) is 9.26. The quantitative estimate of drug-likeness (QED) is 0.549. The summed E-state index contributed by atoms with van der Waals surface area (Å²) in [4.78, 5) is 28.9. The van der Waals surface area contributed by atoms with Crippen molar-refractivity contribution < 1.29 is 9.53 Å². The van der Waals surface area contributed by atoms with Gasteiger partial charge in [0.1, 0.15) is 5.82 Å². The van der Waals surface area contributed by atoms with Gasteiger partial charge in [0.2, 0.25) is 5.91 Å². The van der Waals surface area contributed by atoms with Gasteiger partial charge < -0.3 is 9.64 Å². The number of benzene rings is 1. The number of rotatable bonds is 7. The Hall–Kier alpha value is -3.12. The van der Waals surface area contributed by atoms with Gasteiger partial charge in [0.15, 0.2) is 0 Å². The van der Waals surface area contributed by atoms with Crippen LogP contribution < -0.4 is 0 Å². The van der Waals surface area contributed by atoms with E-state index in [1.807, 2.05) is 48.4 Å². The number of hydrogen-bond acceptors (Lipinski definition) is 5. The first-order valence-corrected chi connectivity index (χ1v) is 11.2. The van der Waals surface area contributed by atoms with Crippen LogP contribution in [0.3, 0.4) is 0 Å². The maximum Gasteiger partial charge on any atom is 0.226 e. The summed E-state index contributed by atoms with van der Waals surface area (Å²) in [5, 5.41) is 0. The van der Waals surface area contributed by atoms with E-state index in [2.05, 4.69) is 22.1 Å². The predicted molar refractivity (Wildman–Crippen MR) is 123 cm³/mol. The van der Waals surface area contributed by atoms with Gasteiger partial charge in [0, 0.05) is 43.7 Å². The molecule has 0 spiro atoms. The third kappa shape index (κ3) is 5.37. The SMILES string of the molecule is CO[C@H]1CCC[C@@H](C(=O)N(Cc2ccccc2)Cc2nc(C)ncc2-c2ccncc2)C1. The molecule has 1 fully saturated rings. The van der Waals surface area contributed by atoms with Crippen molar-refractivity contribution in [2.75, 3.05) is 7.11 Å². The lowest BCUT2D eigenvalue weighted by atomic mass is 9.86. The van der Waals surface area contributed by atoms with Crippen LogP contribution in [0.25, 0.3) is 11.1 Å². The third-order valence-corrected chi connectivity index (χ3v) is 6.16. The number of ether oxygens (including phenoxy) is 1. The standard InChI is InChI=1S/C26H30N4O2/c1-19-28-16-24(21-11-13-27-14-12-21)25(29-19)18-30(17-20-7-4-3-5-8-20)26(31)22-9-6-10-23(15-22)32-2/h3-5,7-8,11-14,16,22-23H,6,9-10,15,17-18H2,1-2H3/t22-,23+/m1/s1. The summed E-state index contributed by atoms with van der Waals surface area (Å²) < 4.78 is 5.58.